The summed E-state index contributed by atoms with van der Waals surface area (Å²) in [7, 11) is 0. The normalized spacial score (nSPS) is 20.5. The number of fused-ring (bicyclic) bond motifs is 3. The van der Waals surface area contributed by atoms with Crippen LogP contribution in [0.3, 0.4) is 0 Å². The number of nitrogens with two attached hydrogens (primary N) is 1. The zero-order valence-corrected chi connectivity index (χ0v) is 9.01. The van der Waals surface area contributed by atoms with Gasteiger partial charge in [0.05, 0.1) is 0 Å². The molecule has 0 radical (unpaired) electrons. The molecular weight excluding hydrogens is 184 g/mol. The molecule has 1 heterocycles. The number of H-pyrrole nitrogens is 1. The molecule has 78 valence electrons. The molecule has 0 bridgehead atoms. The Kier molecular flexibility index (Phi) is 1.86. The van der Waals surface area contributed by atoms with E-state index in [0.717, 1.165) is 19.3 Å². The predicted octanol–water partition coefficient (Wildman–Crippen LogP) is 2.29. The highest BCUT2D eigenvalue weighted by Gasteiger charge is 2.19. The minimum Gasteiger partial charge on any atom is -0.358 e. The number of hydrogen-bond acceptors (Lipinski definition) is 1. The molecule has 2 heteroatoms. The van der Waals surface area contributed by atoms with Gasteiger partial charge in [0, 0.05) is 29.1 Å². The lowest BCUT2D eigenvalue weighted by Gasteiger charge is -2.17. The quantitative estimate of drug-likeness (QED) is 0.673. The van der Waals surface area contributed by atoms with Gasteiger partial charge in [0.1, 0.15) is 0 Å². The number of rotatable bonds is 0. The Morgan fingerprint density at radius 2 is 2.27 bits per heavy atom. The summed E-state index contributed by atoms with van der Waals surface area (Å²) < 4.78 is 0. The third-order valence-corrected chi connectivity index (χ3v) is 3.38. The molecule has 0 saturated carbocycles. The molecule has 1 unspecified atom stereocenters. The van der Waals surface area contributed by atoms with Crippen LogP contribution in [0, 0.1) is 6.92 Å². The SMILES string of the molecule is Cc1ccc2c3c([nH]c2c1)CC(N)CC3. The number of aromatic amines is 1. The van der Waals surface area contributed by atoms with Gasteiger partial charge < -0.3 is 10.7 Å². The van der Waals surface area contributed by atoms with Gasteiger partial charge in [-0.05, 0) is 37.0 Å². The number of hydrogen-bond donors (Lipinski definition) is 2. The van der Waals surface area contributed by atoms with Crippen molar-refractivity contribution in [3.8, 4) is 0 Å². The van der Waals surface area contributed by atoms with Gasteiger partial charge in [-0.3, -0.25) is 0 Å². The minimum atomic E-state index is 0.339. The van der Waals surface area contributed by atoms with Crippen LogP contribution in [0.1, 0.15) is 23.2 Å². The molecule has 15 heavy (non-hydrogen) atoms. The van der Waals surface area contributed by atoms with Gasteiger partial charge in [0.2, 0.25) is 0 Å². The first kappa shape index (κ1) is 8.98. The Morgan fingerprint density at radius 1 is 1.40 bits per heavy atom. The monoisotopic (exact) mass is 200 g/mol. The zero-order valence-electron chi connectivity index (χ0n) is 9.01. The molecule has 1 aromatic carbocycles. The van der Waals surface area contributed by atoms with Crippen LogP contribution in [0.4, 0.5) is 0 Å². The van der Waals surface area contributed by atoms with E-state index in [2.05, 4.69) is 30.1 Å². The first-order chi connectivity index (χ1) is 7.24. The van der Waals surface area contributed by atoms with Gasteiger partial charge in [-0.15, -0.1) is 0 Å². The standard InChI is InChI=1S/C13H16N2/c1-8-2-4-10-11-5-3-9(14)7-13(11)15-12(10)6-8/h2,4,6,9,15H,3,5,7,14H2,1H3. The summed E-state index contributed by atoms with van der Waals surface area (Å²) in [5, 5.41) is 1.39. The summed E-state index contributed by atoms with van der Waals surface area (Å²) in [6.45, 7) is 2.13. The third-order valence-electron chi connectivity index (χ3n) is 3.38. The molecule has 1 aliphatic carbocycles. The molecule has 1 aliphatic rings. The number of benzene rings is 1. The van der Waals surface area contributed by atoms with Crippen molar-refractivity contribution in [1.29, 1.82) is 0 Å². The highest BCUT2D eigenvalue weighted by Crippen LogP contribution is 2.29. The van der Waals surface area contributed by atoms with Crippen LogP contribution in [0.25, 0.3) is 10.9 Å². The van der Waals surface area contributed by atoms with E-state index in [9.17, 15) is 0 Å². The lowest BCUT2D eigenvalue weighted by Crippen LogP contribution is -2.27. The van der Waals surface area contributed by atoms with Crippen LogP contribution >= 0.6 is 0 Å². The topological polar surface area (TPSA) is 41.8 Å². The number of nitrogens with one attached hydrogen (secondary N) is 1. The van der Waals surface area contributed by atoms with E-state index in [1.54, 1.807) is 0 Å². The van der Waals surface area contributed by atoms with Gasteiger partial charge in [-0.1, -0.05) is 12.1 Å². The van der Waals surface area contributed by atoms with Crippen molar-refractivity contribution in [2.75, 3.05) is 0 Å². The van der Waals surface area contributed by atoms with E-state index < -0.39 is 0 Å². The van der Waals surface area contributed by atoms with Gasteiger partial charge in [0.15, 0.2) is 0 Å². The summed E-state index contributed by atoms with van der Waals surface area (Å²) in [5.74, 6) is 0. The van der Waals surface area contributed by atoms with Crippen LogP contribution in [0.2, 0.25) is 0 Å². The molecule has 0 fully saturated rings. The van der Waals surface area contributed by atoms with Gasteiger partial charge in [0.25, 0.3) is 0 Å². The van der Waals surface area contributed by atoms with Crippen LogP contribution in [-0.2, 0) is 12.8 Å². The highest BCUT2D eigenvalue weighted by atomic mass is 14.8. The summed E-state index contributed by atoms with van der Waals surface area (Å²) in [5.41, 5.74) is 11.4. The van der Waals surface area contributed by atoms with Crippen molar-refractivity contribution in [3.63, 3.8) is 0 Å². The summed E-state index contributed by atoms with van der Waals surface area (Å²) in [6, 6.07) is 6.98. The van der Waals surface area contributed by atoms with Crippen molar-refractivity contribution in [2.45, 2.75) is 32.2 Å². The molecule has 1 atom stereocenters. The van der Waals surface area contributed by atoms with E-state index in [-0.39, 0.29) is 0 Å². The molecule has 0 saturated heterocycles. The van der Waals surface area contributed by atoms with Gasteiger partial charge in [-0.25, -0.2) is 0 Å². The van der Waals surface area contributed by atoms with Gasteiger partial charge in [-0.2, -0.15) is 0 Å². The van der Waals surface area contributed by atoms with Crippen molar-refractivity contribution in [3.05, 3.63) is 35.0 Å². The molecule has 2 nitrogen and oxygen atoms in total. The van der Waals surface area contributed by atoms with E-state index in [0.29, 0.717) is 6.04 Å². The Hall–Kier alpha value is -1.28. The van der Waals surface area contributed by atoms with E-state index in [1.165, 1.54) is 27.7 Å². The molecule has 2 aromatic rings. The maximum atomic E-state index is 5.98. The maximum Gasteiger partial charge on any atom is 0.0461 e. The lowest BCUT2D eigenvalue weighted by molar-refractivity contribution is 0.572. The fourth-order valence-corrected chi connectivity index (χ4v) is 2.58. The third kappa shape index (κ3) is 1.37. The van der Waals surface area contributed by atoms with Crippen LogP contribution in [0.15, 0.2) is 18.2 Å². The molecule has 0 amide bonds. The molecule has 1 aromatic heterocycles. The van der Waals surface area contributed by atoms with Crippen molar-refractivity contribution in [1.82, 2.24) is 4.98 Å². The van der Waals surface area contributed by atoms with E-state index in [4.69, 9.17) is 5.73 Å². The Labute approximate surface area is 89.5 Å². The Bertz CT molecular complexity index is 510. The Balaban J connectivity index is 2.23. The van der Waals surface area contributed by atoms with Crippen LogP contribution < -0.4 is 5.73 Å². The first-order valence-electron chi connectivity index (χ1n) is 5.59. The van der Waals surface area contributed by atoms with Crippen molar-refractivity contribution in [2.24, 2.45) is 5.73 Å². The first-order valence-corrected chi connectivity index (χ1v) is 5.59. The molecule has 3 rings (SSSR count). The summed E-state index contributed by atoms with van der Waals surface area (Å²) >= 11 is 0. The van der Waals surface area contributed by atoms with Crippen LogP contribution in [-0.4, -0.2) is 11.0 Å². The van der Waals surface area contributed by atoms with Crippen molar-refractivity contribution < 1.29 is 0 Å². The molecule has 0 spiro atoms. The average molecular weight is 200 g/mol. The number of aromatic nitrogens is 1. The molecule has 3 N–H and O–H groups in total. The maximum absolute atomic E-state index is 5.98. The second-order valence-corrected chi connectivity index (χ2v) is 4.63. The zero-order chi connectivity index (χ0) is 10.4. The smallest absolute Gasteiger partial charge is 0.0461 e. The highest BCUT2D eigenvalue weighted by molar-refractivity contribution is 5.85. The largest absolute Gasteiger partial charge is 0.358 e. The van der Waals surface area contributed by atoms with Gasteiger partial charge >= 0.3 is 0 Å². The fourth-order valence-electron chi connectivity index (χ4n) is 2.58. The predicted molar refractivity (Wildman–Crippen MR) is 63.0 cm³/mol. The van der Waals surface area contributed by atoms with E-state index >= 15 is 0 Å². The second-order valence-electron chi connectivity index (χ2n) is 4.63. The van der Waals surface area contributed by atoms with Crippen molar-refractivity contribution >= 4 is 10.9 Å². The minimum absolute atomic E-state index is 0.339. The lowest BCUT2D eigenvalue weighted by atomic mass is 9.92. The average Bonchev–Trinajstić information content (AvgIpc) is 2.53. The number of aryl methyl sites for hydroxylation is 2. The summed E-state index contributed by atoms with van der Waals surface area (Å²) in [6.07, 6.45) is 3.25. The van der Waals surface area contributed by atoms with E-state index in [1.807, 2.05) is 0 Å². The fraction of sp³-hybridized carbons (Fsp3) is 0.385. The van der Waals surface area contributed by atoms with Crippen LogP contribution in [0.5, 0.6) is 0 Å². The Morgan fingerprint density at radius 3 is 3.13 bits per heavy atom. The summed E-state index contributed by atoms with van der Waals surface area (Å²) in [4.78, 5) is 3.51. The second kappa shape index (κ2) is 3.11. The molecular formula is C13H16N2. The molecule has 0 aliphatic heterocycles.